The molecular formula is C25H28N4O3. The summed E-state index contributed by atoms with van der Waals surface area (Å²) in [6.45, 7) is 4.32. The number of carbonyl (C=O) groups excluding carboxylic acids is 2. The van der Waals surface area contributed by atoms with Crippen LogP contribution < -0.4 is 0 Å². The molecule has 7 heteroatoms. The molecule has 1 saturated heterocycles. The number of carbonyl (C=O) groups is 2. The van der Waals surface area contributed by atoms with Gasteiger partial charge in [0.05, 0.1) is 17.8 Å². The Hall–Kier alpha value is -3.19. The van der Waals surface area contributed by atoms with Crippen molar-refractivity contribution in [3.63, 3.8) is 0 Å². The number of aromatic nitrogens is 2. The van der Waals surface area contributed by atoms with E-state index in [1.807, 2.05) is 60.2 Å². The Bertz CT molecular complexity index is 1190. The average Bonchev–Trinajstić information content (AvgIpc) is 3.51. The molecule has 2 heterocycles. The summed E-state index contributed by atoms with van der Waals surface area (Å²) in [6.07, 6.45) is 1.96. The fraction of sp³-hybridized carbons (Fsp3) is 0.400. The average molecular weight is 433 g/mol. The number of aryl methyl sites for hydroxylation is 1. The van der Waals surface area contributed by atoms with Gasteiger partial charge in [0.2, 0.25) is 5.91 Å². The fourth-order valence-corrected chi connectivity index (χ4v) is 4.51. The molecule has 0 unspecified atom stereocenters. The lowest BCUT2D eigenvalue weighted by Gasteiger charge is -2.36. The van der Waals surface area contributed by atoms with Crippen molar-refractivity contribution in [2.75, 3.05) is 26.2 Å². The molecule has 1 N–H and O–H groups in total. The third kappa shape index (κ3) is 3.56. The predicted molar refractivity (Wildman–Crippen MR) is 122 cm³/mol. The summed E-state index contributed by atoms with van der Waals surface area (Å²) < 4.78 is 1.77. The van der Waals surface area contributed by atoms with E-state index < -0.39 is 0 Å². The Kier molecular flexibility index (Phi) is 5.01. The van der Waals surface area contributed by atoms with Gasteiger partial charge in [0.25, 0.3) is 5.91 Å². The van der Waals surface area contributed by atoms with Crippen LogP contribution in [0.3, 0.4) is 0 Å². The molecule has 3 aromatic rings. The molecule has 1 saturated carbocycles. The second-order valence-corrected chi connectivity index (χ2v) is 9.18. The van der Waals surface area contributed by atoms with Crippen LogP contribution in [0.25, 0.3) is 22.0 Å². The van der Waals surface area contributed by atoms with E-state index in [4.69, 9.17) is 0 Å². The quantitative estimate of drug-likeness (QED) is 0.688. The Balaban J connectivity index is 1.28. The molecule has 0 atom stereocenters. The van der Waals surface area contributed by atoms with Crippen LogP contribution in [-0.4, -0.2) is 62.7 Å². The number of aliphatic hydroxyl groups is 1. The van der Waals surface area contributed by atoms with Gasteiger partial charge >= 0.3 is 0 Å². The topological polar surface area (TPSA) is 78.7 Å². The van der Waals surface area contributed by atoms with Crippen molar-refractivity contribution in [2.24, 2.45) is 12.5 Å². The van der Waals surface area contributed by atoms with Crippen LogP contribution in [0.1, 0.15) is 35.8 Å². The largest absolute Gasteiger partial charge is 0.390 e. The number of fused-ring (bicyclic) bond motifs is 1. The summed E-state index contributed by atoms with van der Waals surface area (Å²) in [5.74, 6) is 0.251. The summed E-state index contributed by atoms with van der Waals surface area (Å²) in [4.78, 5) is 29.3. The minimum Gasteiger partial charge on any atom is -0.390 e. The summed E-state index contributed by atoms with van der Waals surface area (Å²) in [5, 5.41) is 14.8. The number of rotatable bonds is 4. The van der Waals surface area contributed by atoms with Crippen molar-refractivity contribution in [3.05, 3.63) is 53.7 Å². The number of aliphatic hydroxyl groups excluding tert-OH is 1. The number of benzene rings is 2. The maximum Gasteiger partial charge on any atom is 0.253 e. The Morgan fingerprint density at radius 3 is 2.22 bits per heavy atom. The van der Waals surface area contributed by atoms with Crippen molar-refractivity contribution in [3.8, 4) is 11.1 Å². The monoisotopic (exact) mass is 432 g/mol. The van der Waals surface area contributed by atoms with Gasteiger partial charge in [-0.25, -0.2) is 0 Å². The number of nitrogens with zero attached hydrogens (tertiary/aromatic N) is 4. The lowest BCUT2D eigenvalue weighted by molar-refractivity contribution is -0.137. The first-order valence-electron chi connectivity index (χ1n) is 11.2. The van der Waals surface area contributed by atoms with E-state index in [9.17, 15) is 14.7 Å². The smallest absolute Gasteiger partial charge is 0.253 e. The second-order valence-electron chi connectivity index (χ2n) is 9.18. The fourth-order valence-electron chi connectivity index (χ4n) is 4.51. The molecule has 2 fully saturated rings. The van der Waals surface area contributed by atoms with Gasteiger partial charge < -0.3 is 14.9 Å². The van der Waals surface area contributed by atoms with Crippen LogP contribution in [0.15, 0.2) is 42.5 Å². The van der Waals surface area contributed by atoms with E-state index in [0.717, 1.165) is 34.9 Å². The van der Waals surface area contributed by atoms with Gasteiger partial charge in [-0.3, -0.25) is 14.3 Å². The van der Waals surface area contributed by atoms with Crippen LogP contribution >= 0.6 is 0 Å². The summed E-state index contributed by atoms with van der Waals surface area (Å²) in [7, 11) is 1.87. The number of amides is 2. The minimum atomic E-state index is -0.153. The van der Waals surface area contributed by atoms with E-state index in [1.165, 1.54) is 0 Å². The molecule has 2 aliphatic rings. The van der Waals surface area contributed by atoms with Gasteiger partial charge in [0, 0.05) is 49.6 Å². The van der Waals surface area contributed by atoms with Crippen molar-refractivity contribution in [1.29, 1.82) is 0 Å². The van der Waals surface area contributed by atoms with E-state index in [1.54, 1.807) is 4.68 Å². The number of hydrogen-bond donors (Lipinski definition) is 1. The molecule has 32 heavy (non-hydrogen) atoms. The van der Waals surface area contributed by atoms with Gasteiger partial charge in [-0.2, -0.15) is 5.10 Å². The Labute approximate surface area is 187 Å². The minimum absolute atomic E-state index is 0.0101. The third-order valence-electron chi connectivity index (χ3n) is 6.91. The van der Waals surface area contributed by atoms with Crippen molar-refractivity contribution >= 4 is 22.7 Å². The first kappa shape index (κ1) is 20.7. The van der Waals surface area contributed by atoms with Crippen molar-refractivity contribution < 1.29 is 14.7 Å². The molecule has 0 radical (unpaired) electrons. The van der Waals surface area contributed by atoms with Crippen LogP contribution in [0.2, 0.25) is 0 Å². The molecule has 1 aliphatic carbocycles. The highest BCUT2D eigenvalue weighted by atomic mass is 16.3. The lowest BCUT2D eigenvalue weighted by atomic mass is 10.0. The number of piperazine rings is 1. The van der Waals surface area contributed by atoms with Gasteiger partial charge in [-0.15, -0.1) is 0 Å². The van der Waals surface area contributed by atoms with E-state index in [-0.39, 0.29) is 23.8 Å². The van der Waals surface area contributed by atoms with Crippen molar-refractivity contribution in [1.82, 2.24) is 19.6 Å². The summed E-state index contributed by atoms with van der Waals surface area (Å²) >= 11 is 0. The van der Waals surface area contributed by atoms with Crippen molar-refractivity contribution in [2.45, 2.75) is 26.4 Å². The Morgan fingerprint density at radius 1 is 0.969 bits per heavy atom. The molecule has 2 amide bonds. The van der Waals surface area contributed by atoms with Crippen LogP contribution in [0.4, 0.5) is 0 Å². The highest BCUT2D eigenvalue weighted by molar-refractivity contribution is 5.95. The maximum atomic E-state index is 13.0. The molecule has 166 valence electrons. The third-order valence-corrected chi connectivity index (χ3v) is 6.91. The van der Waals surface area contributed by atoms with Crippen LogP contribution in [0.5, 0.6) is 0 Å². The van der Waals surface area contributed by atoms with E-state index in [0.29, 0.717) is 37.4 Å². The van der Waals surface area contributed by atoms with Crippen LogP contribution in [-0.2, 0) is 18.4 Å². The highest BCUT2D eigenvalue weighted by Crippen LogP contribution is 2.46. The number of hydrogen-bond acceptors (Lipinski definition) is 4. The summed E-state index contributed by atoms with van der Waals surface area (Å²) in [5.41, 5.74) is 4.18. The zero-order valence-electron chi connectivity index (χ0n) is 18.5. The van der Waals surface area contributed by atoms with E-state index >= 15 is 0 Å². The molecule has 0 spiro atoms. The van der Waals surface area contributed by atoms with Gasteiger partial charge in [-0.1, -0.05) is 31.2 Å². The molecule has 7 nitrogen and oxygen atoms in total. The Morgan fingerprint density at radius 2 is 1.59 bits per heavy atom. The van der Waals surface area contributed by atoms with Gasteiger partial charge in [-0.05, 0) is 42.2 Å². The highest BCUT2D eigenvalue weighted by Gasteiger charge is 2.47. The normalized spacial score (nSPS) is 17.6. The zero-order valence-corrected chi connectivity index (χ0v) is 18.5. The first-order chi connectivity index (χ1) is 15.4. The van der Waals surface area contributed by atoms with Gasteiger partial charge in [0.1, 0.15) is 0 Å². The predicted octanol–water partition coefficient (Wildman–Crippen LogP) is 2.82. The molecule has 0 bridgehead atoms. The molecular weight excluding hydrogens is 404 g/mol. The summed E-state index contributed by atoms with van der Waals surface area (Å²) in [6, 6.07) is 13.7. The molecule has 1 aliphatic heterocycles. The lowest BCUT2D eigenvalue weighted by Crippen LogP contribution is -2.52. The zero-order chi connectivity index (χ0) is 22.5. The molecule has 5 rings (SSSR count). The van der Waals surface area contributed by atoms with Crippen LogP contribution in [0, 0.1) is 5.41 Å². The maximum absolute atomic E-state index is 13.0. The standard InChI is InChI=1S/C25H28N4O3/c1-25(9-10-25)24(32)29-13-11-28(12-14-29)23(31)18-5-3-17(4-6-18)19-7-8-20-21(16-30)26-27(2)22(20)15-19/h3-8,15,30H,9-14,16H2,1-2H3. The SMILES string of the molecule is Cn1nc(CO)c2ccc(-c3ccc(C(=O)N4CCN(C(=O)C5(C)CC5)CC4)cc3)cc21. The van der Waals surface area contributed by atoms with E-state index in [2.05, 4.69) is 11.2 Å². The molecule has 2 aromatic carbocycles. The van der Waals surface area contributed by atoms with Gasteiger partial charge in [0.15, 0.2) is 0 Å². The second kappa shape index (κ2) is 7.74. The molecule has 1 aromatic heterocycles. The first-order valence-corrected chi connectivity index (χ1v) is 11.2.